The van der Waals surface area contributed by atoms with Crippen molar-refractivity contribution < 1.29 is 34.8 Å². The van der Waals surface area contributed by atoms with E-state index in [2.05, 4.69) is 43.6 Å². The van der Waals surface area contributed by atoms with Gasteiger partial charge in [0.15, 0.2) is 11.4 Å². The third kappa shape index (κ3) is 5.23. The van der Waals surface area contributed by atoms with Crippen LogP contribution in [-0.2, 0) is 20.8 Å². The van der Waals surface area contributed by atoms with Gasteiger partial charge in [-0.1, -0.05) is 6.07 Å². The van der Waals surface area contributed by atoms with E-state index >= 15 is 0 Å². The number of anilines is 1. The average molecular weight is 559 g/mol. The van der Waals surface area contributed by atoms with Crippen LogP contribution < -0.4 is 21.7 Å². The minimum atomic E-state index is -2.69. The molecule has 0 spiro atoms. The molecule has 1 aromatic carbocycles. The van der Waals surface area contributed by atoms with Gasteiger partial charge in [-0.2, -0.15) is 0 Å². The van der Waals surface area contributed by atoms with E-state index in [1.807, 2.05) is 0 Å². The molecule has 0 bridgehead atoms. The van der Waals surface area contributed by atoms with Gasteiger partial charge in [-0.3, -0.25) is 14.4 Å². The molecule has 220 valence electrons. The number of hydrogen-bond donors (Lipinski definition) is 8. The molecule has 4 atom stereocenters. The van der Waals surface area contributed by atoms with E-state index in [0.29, 0.717) is 11.3 Å². The lowest BCUT2D eigenvalue weighted by molar-refractivity contribution is -0.161. The number of piperidine rings is 1. The number of ketones is 2. The Morgan fingerprint density at radius 3 is 2.33 bits per heavy atom. The number of amides is 1. The standard InChI is InChI=1S/C29H42N4O7/c1-27(2)11-16(12-28(3,4)33-27)32-18-7-6-14-8-15-9-17(19(13-34)31-5)29(40,20(35)10-21(30)36)26(39)23(15)25(38)22(14)24(18)37/h6-7,15-17,19,31-34,37-38,40H,8-13H2,1-5H3,(H2,30,36)/t15-,17-,19+,29+/m0/s1. The van der Waals surface area contributed by atoms with Gasteiger partial charge >= 0.3 is 0 Å². The number of phenolic OH excluding ortho intramolecular Hbond substituents is 1. The number of nitrogens with one attached hydrogen (secondary N) is 3. The molecule has 4 rings (SSSR count). The van der Waals surface area contributed by atoms with Gasteiger partial charge < -0.3 is 42.1 Å². The number of rotatable bonds is 8. The Bertz CT molecular complexity index is 1240. The van der Waals surface area contributed by atoms with Crippen molar-refractivity contribution in [2.45, 2.75) is 88.6 Å². The van der Waals surface area contributed by atoms with Crippen LogP contribution in [0.2, 0.25) is 0 Å². The minimum absolute atomic E-state index is 0.0203. The van der Waals surface area contributed by atoms with Gasteiger partial charge in [0.2, 0.25) is 11.7 Å². The zero-order chi connectivity index (χ0) is 29.8. The number of aliphatic hydroxyl groups excluding tert-OH is 2. The van der Waals surface area contributed by atoms with Crippen molar-refractivity contribution >= 4 is 28.9 Å². The zero-order valence-corrected chi connectivity index (χ0v) is 23.8. The van der Waals surface area contributed by atoms with Crippen LogP contribution in [-0.4, -0.2) is 80.3 Å². The first-order chi connectivity index (χ1) is 18.5. The molecule has 0 radical (unpaired) electrons. The Kier molecular flexibility index (Phi) is 7.83. The molecule has 3 aliphatic rings. The lowest BCUT2D eigenvalue weighted by Crippen LogP contribution is -2.64. The van der Waals surface area contributed by atoms with Crippen LogP contribution in [0.15, 0.2) is 17.7 Å². The Hall–Kier alpha value is -2.99. The number of Topliss-reactive ketones (excluding diaryl/α,β-unsaturated/α-hetero) is 2. The van der Waals surface area contributed by atoms with Crippen molar-refractivity contribution in [2.75, 3.05) is 19.0 Å². The number of phenols is 1. The van der Waals surface area contributed by atoms with Gasteiger partial charge in [0.05, 0.1) is 24.3 Å². The van der Waals surface area contributed by atoms with Crippen molar-refractivity contribution in [3.8, 4) is 5.75 Å². The Morgan fingerprint density at radius 1 is 1.15 bits per heavy atom. The van der Waals surface area contributed by atoms with E-state index in [1.165, 1.54) is 7.05 Å². The van der Waals surface area contributed by atoms with E-state index in [9.17, 15) is 34.8 Å². The molecule has 1 heterocycles. The second-order valence-corrected chi connectivity index (χ2v) is 12.9. The SMILES string of the molecule is CN[C@H](CO)[C@@H]1C[C@@H]2Cc3ccc(NC4CC(C)(C)NC(C)(C)C4)c(O)c3C(O)=C2C(=O)[C@]1(O)C(=O)CC(N)=O. The lowest BCUT2D eigenvalue weighted by Gasteiger charge is -2.47. The second kappa shape index (κ2) is 10.4. The highest BCUT2D eigenvalue weighted by Crippen LogP contribution is 2.50. The summed E-state index contributed by atoms with van der Waals surface area (Å²) in [7, 11) is 1.53. The highest BCUT2D eigenvalue weighted by molar-refractivity contribution is 6.23. The lowest BCUT2D eigenvalue weighted by atomic mass is 9.60. The maximum absolute atomic E-state index is 13.9. The largest absolute Gasteiger partial charge is 0.507 e. The quantitative estimate of drug-likeness (QED) is 0.168. The molecule has 1 saturated carbocycles. The molecule has 2 aliphatic carbocycles. The van der Waals surface area contributed by atoms with Crippen LogP contribution >= 0.6 is 0 Å². The normalized spacial score (nSPS) is 28.4. The molecule has 1 aromatic rings. The number of aromatic hydroxyl groups is 1. The van der Waals surface area contributed by atoms with E-state index in [1.54, 1.807) is 12.1 Å². The Labute approximate surface area is 234 Å². The molecule has 11 nitrogen and oxygen atoms in total. The maximum atomic E-state index is 13.9. The predicted molar refractivity (Wildman–Crippen MR) is 150 cm³/mol. The van der Waals surface area contributed by atoms with Gasteiger partial charge in [0.25, 0.3) is 0 Å². The number of benzene rings is 1. The molecule has 0 unspecified atom stereocenters. The molecule has 11 heteroatoms. The summed E-state index contributed by atoms with van der Waals surface area (Å²) in [6, 6.07) is 2.73. The minimum Gasteiger partial charge on any atom is -0.507 e. The smallest absolute Gasteiger partial charge is 0.225 e. The Balaban J connectivity index is 1.76. The van der Waals surface area contributed by atoms with Gasteiger partial charge in [-0.25, -0.2) is 0 Å². The summed E-state index contributed by atoms with van der Waals surface area (Å²) in [4.78, 5) is 38.5. The number of fused-ring (bicyclic) bond motifs is 2. The summed E-state index contributed by atoms with van der Waals surface area (Å²) in [5, 5.41) is 54.2. The number of nitrogens with two attached hydrogens (primary N) is 1. The van der Waals surface area contributed by atoms with Crippen LogP contribution in [0.1, 0.15) is 64.5 Å². The third-order valence-electron chi connectivity index (χ3n) is 8.66. The summed E-state index contributed by atoms with van der Waals surface area (Å²) in [6.07, 6.45) is 1.03. The fourth-order valence-corrected chi connectivity index (χ4v) is 7.37. The van der Waals surface area contributed by atoms with Crippen LogP contribution in [0.4, 0.5) is 5.69 Å². The number of carbonyl (C=O) groups is 3. The first kappa shape index (κ1) is 30.0. The Morgan fingerprint density at radius 2 is 1.77 bits per heavy atom. The molecular formula is C29H42N4O7. The maximum Gasteiger partial charge on any atom is 0.225 e. The van der Waals surface area contributed by atoms with Gasteiger partial charge in [-0.15, -0.1) is 0 Å². The monoisotopic (exact) mass is 558 g/mol. The molecule has 40 heavy (non-hydrogen) atoms. The summed E-state index contributed by atoms with van der Waals surface area (Å²) in [5.41, 5.74) is 3.14. The van der Waals surface area contributed by atoms with Crippen molar-refractivity contribution in [3.05, 3.63) is 28.8 Å². The highest BCUT2D eigenvalue weighted by atomic mass is 16.3. The van der Waals surface area contributed by atoms with Crippen molar-refractivity contribution in [1.29, 1.82) is 0 Å². The summed E-state index contributed by atoms with van der Waals surface area (Å²) in [5.74, 6) is -5.54. The van der Waals surface area contributed by atoms with E-state index in [0.717, 1.165) is 12.8 Å². The molecular weight excluding hydrogens is 516 g/mol. The van der Waals surface area contributed by atoms with E-state index < -0.39 is 59.7 Å². The molecule has 2 fully saturated rings. The van der Waals surface area contributed by atoms with Crippen molar-refractivity contribution in [2.24, 2.45) is 17.6 Å². The number of aliphatic hydroxyl groups is 3. The summed E-state index contributed by atoms with van der Waals surface area (Å²) >= 11 is 0. The van der Waals surface area contributed by atoms with Crippen molar-refractivity contribution in [3.63, 3.8) is 0 Å². The number of primary amides is 1. The zero-order valence-electron chi connectivity index (χ0n) is 23.8. The van der Waals surface area contributed by atoms with Crippen LogP contribution in [0.5, 0.6) is 5.75 Å². The van der Waals surface area contributed by atoms with Gasteiger partial charge in [0.1, 0.15) is 11.5 Å². The van der Waals surface area contributed by atoms with E-state index in [4.69, 9.17) is 5.73 Å². The predicted octanol–water partition coefficient (Wildman–Crippen LogP) is 0.900. The first-order valence-corrected chi connectivity index (χ1v) is 13.8. The van der Waals surface area contributed by atoms with Gasteiger partial charge in [0, 0.05) is 34.7 Å². The van der Waals surface area contributed by atoms with Crippen LogP contribution in [0.25, 0.3) is 5.76 Å². The topological polar surface area (TPSA) is 194 Å². The number of likely N-dealkylation sites (N-methyl/N-ethyl adjacent to an activating group) is 1. The second-order valence-electron chi connectivity index (χ2n) is 12.9. The third-order valence-corrected chi connectivity index (χ3v) is 8.66. The highest BCUT2D eigenvalue weighted by Gasteiger charge is 2.59. The summed E-state index contributed by atoms with van der Waals surface area (Å²) in [6.45, 7) is 7.98. The van der Waals surface area contributed by atoms with Crippen LogP contribution in [0, 0.1) is 11.8 Å². The number of carbonyl (C=O) groups excluding carboxylic acids is 3. The molecule has 1 amide bonds. The molecule has 1 saturated heterocycles. The fourth-order valence-electron chi connectivity index (χ4n) is 7.37. The number of hydrogen-bond acceptors (Lipinski definition) is 10. The fraction of sp³-hybridized carbons (Fsp3) is 0.621. The van der Waals surface area contributed by atoms with Crippen LogP contribution in [0.3, 0.4) is 0 Å². The van der Waals surface area contributed by atoms with Crippen molar-refractivity contribution in [1.82, 2.24) is 10.6 Å². The van der Waals surface area contributed by atoms with E-state index in [-0.39, 0.29) is 46.8 Å². The first-order valence-electron chi connectivity index (χ1n) is 13.8. The summed E-state index contributed by atoms with van der Waals surface area (Å²) < 4.78 is 0. The molecule has 9 N–H and O–H groups in total. The molecule has 1 aliphatic heterocycles. The molecule has 0 aromatic heterocycles. The van der Waals surface area contributed by atoms with Gasteiger partial charge in [-0.05, 0) is 78.0 Å². The average Bonchev–Trinajstić information content (AvgIpc) is 2.82.